The van der Waals surface area contributed by atoms with E-state index in [1.165, 1.54) is 16.4 Å². The average molecular weight is 727 g/mol. The second-order valence-corrected chi connectivity index (χ2v) is 21.2. The Morgan fingerprint density at radius 3 is 2.41 bits per heavy atom. The van der Waals surface area contributed by atoms with Gasteiger partial charge in [-0.25, -0.2) is 14.8 Å². The third kappa shape index (κ3) is 11.5. The number of amides is 2. The SMILES string of the molecule is CCCCON(C(=O)[C@@H](NC(=O)[C@@]1(C)CCCN1CCO[Si](C)(C)C(C)(C)C)[C@@H](C)CC)[C@H](C[C@@H](O)c1nc(C(=O)OCC)cs1)C(C)C. The first-order valence-corrected chi connectivity index (χ1v) is 22.1. The van der Waals surface area contributed by atoms with Gasteiger partial charge in [-0.1, -0.05) is 68.2 Å². The largest absolute Gasteiger partial charge is 0.461 e. The summed E-state index contributed by atoms with van der Waals surface area (Å²) in [6, 6.07) is -1.35. The minimum atomic E-state index is -1.93. The van der Waals surface area contributed by atoms with Gasteiger partial charge in [-0.05, 0) is 69.6 Å². The fourth-order valence-corrected chi connectivity index (χ4v) is 7.54. The molecule has 0 bridgehead atoms. The van der Waals surface area contributed by atoms with Gasteiger partial charge in [-0.2, -0.15) is 0 Å². The van der Waals surface area contributed by atoms with Gasteiger partial charge in [0.2, 0.25) is 5.91 Å². The standard InChI is InChI=1S/C36H66N4O7SSi/c1-13-16-21-46-40(28(25(4)5)23-29(41)31-37-27(24-48-31)33(43)45-15-3)32(42)30(26(6)14-2)38-34(44)36(10)18-17-19-39(36)20-22-47-49(11,12)35(7,8)9/h24-26,28-30,41H,13-23H2,1-12H3,(H,38,44)/t26-,28+,29+,30-,36+/m0/s1. The highest BCUT2D eigenvalue weighted by Crippen LogP contribution is 2.37. The molecule has 13 heteroatoms. The number of ether oxygens (including phenoxy) is 1. The van der Waals surface area contributed by atoms with E-state index < -0.39 is 38.0 Å². The maximum atomic E-state index is 14.6. The monoisotopic (exact) mass is 726 g/mol. The fourth-order valence-electron chi connectivity index (χ4n) is 5.72. The summed E-state index contributed by atoms with van der Waals surface area (Å²) >= 11 is 1.18. The molecule has 1 aromatic heterocycles. The first-order chi connectivity index (χ1) is 22.8. The lowest BCUT2D eigenvalue weighted by Gasteiger charge is -2.40. The lowest BCUT2D eigenvalue weighted by molar-refractivity contribution is -0.212. The van der Waals surface area contributed by atoms with E-state index in [1.54, 1.807) is 12.3 Å². The molecule has 282 valence electrons. The maximum absolute atomic E-state index is 14.6. The molecular formula is C36H66N4O7SSi. The van der Waals surface area contributed by atoms with Crippen LogP contribution in [0.1, 0.15) is 129 Å². The van der Waals surface area contributed by atoms with Crippen LogP contribution in [-0.4, -0.2) is 96.7 Å². The van der Waals surface area contributed by atoms with Crippen molar-refractivity contribution in [3.63, 3.8) is 0 Å². The number of nitrogens with one attached hydrogen (secondary N) is 1. The van der Waals surface area contributed by atoms with E-state index in [0.717, 1.165) is 25.8 Å². The van der Waals surface area contributed by atoms with Gasteiger partial charge >= 0.3 is 5.97 Å². The molecule has 49 heavy (non-hydrogen) atoms. The number of nitrogens with zero attached hydrogens (tertiary/aromatic N) is 3. The summed E-state index contributed by atoms with van der Waals surface area (Å²) in [5.74, 6) is -1.30. The molecule has 0 aliphatic carbocycles. The van der Waals surface area contributed by atoms with Gasteiger partial charge in [0, 0.05) is 25.0 Å². The van der Waals surface area contributed by atoms with E-state index in [2.05, 4.69) is 56.0 Å². The summed E-state index contributed by atoms with van der Waals surface area (Å²) < 4.78 is 11.5. The minimum Gasteiger partial charge on any atom is -0.461 e. The number of carbonyl (C=O) groups excluding carboxylic acids is 3. The van der Waals surface area contributed by atoms with Gasteiger partial charge in [-0.3, -0.25) is 19.3 Å². The van der Waals surface area contributed by atoms with E-state index in [9.17, 15) is 19.5 Å². The number of hydrogen-bond acceptors (Lipinski definition) is 10. The third-order valence-electron chi connectivity index (χ3n) is 10.4. The van der Waals surface area contributed by atoms with Crippen molar-refractivity contribution >= 4 is 37.4 Å². The Bertz CT molecular complexity index is 1210. The van der Waals surface area contributed by atoms with E-state index in [4.69, 9.17) is 14.0 Å². The fraction of sp³-hybridized carbons (Fsp3) is 0.833. The molecule has 5 atom stereocenters. The molecule has 1 aliphatic rings. The molecule has 0 saturated carbocycles. The minimum absolute atomic E-state index is 0.0956. The second kappa shape index (κ2) is 19.1. The van der Waals surface area contributed by atoms with Crippen LogP contribution in [0.5, 0.6) is 0 Å². The molecule has 1 fully saturated rings. The molecule has 2 heterocycles. The number of unbranched alkanes of at least 4 members (excludes halogenated alkanes) is 1. The van der Waals surface area contributed by atoms with Crippen LogP contribution in [0.15, 0.2) is 5.38 Å². The molecule has 0 spiro atoms. The summed E-state index contributed by atoms with van der Waals surface area (Å²) in [7, 11) is -1.93. The third-order valence-corrected chi connectivity index (χ3v) is 15.9. The topological polar surface area (TPSA) is 131 Å². The van der Waals surface area contributed by atoms with E-state index in [1.807, 2.05) is 34.6 Å². The quantitative estimate of drug-likeness (QED) is 0.0650. The highest BCUT2D eigenvalue weighted by Gasteiger charge is 2.46. The molecule has 2 N–H and O–H groups in total. The highest BCUT2D eigenvalue weighted by atomic mass is 32.1. The van der Waals surface area contributed by atoms with Crippen molar-refractivity contribution in [2.75, 3.05) is 32.9 Å². The Balaban J connectivity index is 2.32. The predicted molar refractivity (Wildman–Crippen MR) is 198 cm³/mol. The number of aromatic nitrogens is 1. The van der Waals surface area contributed by atoms with Gasteiger partial charge < -0.3 is 19.6 Å². The van der Waals surface area contributed by atoms with Crippen LogP contribution in [0.4, 0.5) is 0 Å². The van der Waals surface area contributed by atoms with Crippen molar-refractivity contribution in [1.82, 2.24) is 20.3 Å². The van der Waals surface area contributed by atoms with Crippen LogP contribution in [0, 0.1) is 11.8 Å². The number of hydrogen-bond donors (Lipinski definition) is 2. The number of likely N-dealkylation sites (tertiary alicyclic amines) is 1. The Morgan fingerprint density at radius 1 is 1.16 bits per heavy atom. The molecule has 2 rings (SSSR count). The van der Waals surface area contributed by atoms with Crippen LogP contribution in [0.25, 0.3) is 0 Å². The zero-order valence-electron chi connectivity index (χ0n) is 32.4. The Kier molecular flexibility index (Phi) is 16.8. The second-order valence-electron chi connectivity index (χ2n) is 15.5. The first-order valence-electron chi connectivity index (χ1n) is 18.3. The van der Waals surface area contributed by atoms with Gasteiger partial charge in [0.15, 0.2) is 14.0 Å². The van der Waals surface area contributed by atoms with Gasteiger partial charge in [-0.15, -0.1) is 11.3 Å². The van der Waals surface area contributed by atoms with Gasteiger partial charge in [0.05, 0.1) is 24.8 Å². The number of carbonyl (C=O) groups is 3. The predicted octanol–water partition coefficient (Wildman–Crippen LogP) is 6.74. The molecule has 0 radical (unpaired) electrons. The average Bonchev–Trinajstić information content (AvgIpc) is 3.68. The van der Waals surface area contributed by atoms with E-state index in [-0.39, 0.29) is 47.4 Å². The Hall–Kier alpha value is -1.90. The van der Waals surface area contributed by atoms with Crippen LogP contribution in [0.2, 0.25) is 18.1 Å². The summed E-state index contributed by atoms with van der Waals surface area (Å²) in [6.07, 6.45) is 2.99. The zero-order chi connectivity index (χ0) is 37.2. The summed E-state index contributed by atoms with van der Waals surface area (Å²) in [6.45, 7) is 27.4. The van der Waals surface area contributed by atoms with Crippen LogP contribution in [0.3, 0.4) is 0 Å². The molecule has 11 nitrogen and oxygen atoms in total. The number of aliphatic hydroxyl groups is 1. The molecular weight excluding hydrogens is 661 g/mol. The number of hydroxylamine groups is 2. The van der Waals surface area contributed by atoms with Crippen molar-refractivity contribution in [1.29, 1.82) is 0 Å². The lowest BCUT2D eigenvalue weighted by Crippen LogP contribution is -2.61. The normalized spacial score (nSPS) is 19.8. The molecule has 0 aromatic carbocycles. The van der Waals surface area contributed by atoms with E-state index in [0.29, 0.717) is 37.6 Å². The van der Waals surface area contributed by atoms with Crippen molar-refractivity contribution in [2.45, 2.75) is 150 Å². The Labute approximate surface area is 300 Å². The molecule has 1 aliphatic heterocycles. The molecule has 1 aromatic rings. The van der Waals surface area contributed by atoms with Gasteiger partial charge in [0.1, 0.15) is 17.2 Å². The number of rotatable bonds is 20. The van der Waals surface area contributed by atoms with Crippen molar-refractivity contribution < 1.29 is 33.5 Å². The van der Waals surface area contributed by atoms with Crippen molar-refractivity contribution in [3.8, 4) is 0 Å². The summed E-state index contributed by atoms with van der Waals surface area (Å²) in [5.41, 5.74) is -0.624. The zero-order valence-corrected chi connectivity index (χ0v) is 34.2. The lowest BCUT2D eigenvalue weighted by atomic mass is 9.92. The number of esters is 1. The van der Waals surface area contributed by atoms with Crippen LogP contribution >= 0.6 is 11.3 Å². The Morgan fingerprint density at radius 2 is 1.84 bits per heavy atom. The van der Waals surface area contributed by atoms with Crippen LogP contribution in [-0.2, 0) is 23.6 Å². The van der Waals surface area contributed by atoms with Crippen molar-refractivity contribution in [2.24, 2.45) is 11.8 Å². The first kappa shape index (κ1) is 43.3. The van der Waals surface area contributed by atoms with Crippen LogP contribution < -0.4 is 5.32 Å². The smallest absolute Gasteiger partial charge is 0.357 e. The maximum Gasteiger partial charge on any atom is 0.357 e. The molecule has 2 amide bonds. The summed E-state index contributed by atoms with van der Waals surface area (Å²) in [5, 5.41) is 17.9. The molecule has 1 saturated heterocycles. The van der Waals surface area contributed by atoms with Gasteiger partial charge in [0.25, 0.3) is 5.91 Å². The van der Waals surface area contributed by atoms with Crippen molar-refractivity contribution in [3.05, 3.63) is 16.1 Å². The molecule has 0 unspecified atom stereocenters. The number of thiazole rings is 1. The summed E-state index contributed by atoms with van der Waals surface area (Å²) in [4.78, 5) is 53.7. The van der Waals surface area contributed by atoms with E-state index >= 15 is 0 Å². The number of aliphatic hydroxyl groups excluding tert-OH is 1. The highest BCUT2D eigenvalue weighted by molar-refractivity contribution is 7.09.